The van der Waals surface area contributed by atoms with Gasteiger partial charge in [0, 0.05) is 25.2 Å². The summed E-state index contributed by atoms with van der Waals surface area (Å²) in [6.07, 6.45) is 0. The SMILES string of the molecule is COc1ccc(CNCc2ccc([N+](=O)[O-])cc2)cc1Br. The molecule has 0 saturated carbocycles. The van der Waals surface area contributed by atoms with Crippen molar-refractivity contribution in [2.24, 2.45) is 0 Å². The smallest absolute Gasteiger partial charge is 0.269 e. The van der Waals surface area contributed by atoms with E-state index >= 15 is 0 Å². The standard InChI is InChI=1S/C15H15BrN2O3/c1-21-15-7-4-12(8-14(15)16)10-17-9-11-2-5-13(6-3-11)18(19)20/h2-8,17H,9-10H2,1H3. The fourth-order valence-corrected chi connectivity index (χ4v) is 2.49. The first kappa shape index (κ1) is 15.5. The van der Waals surface area contributed by atoms with Gasteiger partial charge in [-0.25, -0.2) is 0 Å². The van der Waals surface area contributed by atoms with Gasteiger partial charge in [-0.05, 0) is 39.2 Å². The van der Waals surface area contributed by atoms with Crippen LogP contribution in [0.15, 0.2) is 46.9 Å². The molecule has 110 valence electrons. The van der Waals surface area contributed by atoms with Gasteiger partial charge in [0.15, 0.2) is 0 Å². The van der Waals surface area contributed by atoms with Crippen LogP contribution in [0, 0.1) is 10.1 Å². The highest BCUT2D eigenvalue weighted by Crippen LogP contribution is 2.25. The lowest BCUT2D eigenvalue weighted by Crippen LogP contribution is -2.12. The van der Waals surface area contributed by atoms with Crippen molar-refractivity contribution in [3.63, 3.8) is 0 Å². The van der Waals surface area contributed by atoms with Crippen LogP contribution in [0.1, 0.15) is 11.1 Å². The molecule has 2 aromatic carbocycles. The molecule has 0 aliphatic heterocycles. The van der Waals surface area contributed by atoms with Gasteiger partial charge in [0.1, 0.15) is 5.75 Å². The predicted molar refractivity (Wildman–Crippen MR) is 84.3 cm³/mol. The van der Waals surface area contributed by atoms with Crippen LogP contribution in [0.3, 0.4) is 0 Å². The van der Waals surface area contributed by atoms with Crippen molar-refractivity contribution < 1.29 is 9.66 Å². The second-order valence-electron chi connectivity index (χ2n) is 4.50. The Bertz CT molecular complexity index is 629. The maximum absolute atomic E-state index is 10.6. The lowest BCUT2D eigenvalue weighted by Gasteiger charge is -2.08. The molecule has 6 heteroatoms. The zero-order valence-corrected chi connectivity index (χ0v) is 13.1. The molecule has 2 rings (SSSR count). The van der Waals surface area contributed by atoms with Gasteiger partial charge in [-0.2, -0.15) is 0 Å². The van der Waals surface area contributed by atoms with E-state index in [2.05, 4.69) is 21.2 Å². The first-order valence-electron chi connectivity index (χ1n) is 6.36. The van der Waals surface area contributed by atoms with Crippen LogP contribution < -0.4 is 10.1 Å². The summed E-state index contributed by atoms with van der Waals surface area (Å²) in [7, 11) is 1.63. The van der Waals surface area contributed by atoms with E-state index in [1.54, 1.807) is 19.2 Å². The molecular weight excluding hydrogens is 336 g/mol. The Morgan fingerprint density at radius 2 is 1.76 bits per heavy atom. The third-order valence-electron chi connectivity index (χ3n) is 3.02. The minimum Gasteiger partial charge on any atom is -0.496 e. The largest absolute Gasteiger partial charge is 0.496 e. The number of nitrogens with one attached hydrogen (secondary N) is 1. The highest BCUT2D eigenvalue weighted by molar-refractivity contribution is 9.10. The van der Waals surface area contributed by atoms with E-state index in [0.29, 0.717) is 13.1 Å². The molecule has 0 heterocycles. The van der Waals surface area contributed by atoms with Crippen molar-refractivity contribution >= 4 is 21.6 Å². The number of hydrogen-bond acceptors (Lipinski definition) is 4. The highest BCUT2D eigenvalue weighted by Gasteiger charge is 2.04. The van der Waals surface area contributed by atoms with Gasteiger partial charge in [-0.3, -0.25) is 10.1 Å². The number of nitrogens with zero attached hydrogens (tertiary/aromatic N) is 1. The number of hydrogen-bond donors (Lipinski definition) is 1. The zero-order valence-electron chi connectivity index (χ0n) is 11.5. The van der Waals surface area contributed by atoms with E-state index in [1.165, 1.54) is 12.1 Å². The number of ether oxygens (including phenoxy) is 1. The number of nitro groups is 1. The van der Waals surface area contributed by atoms with Gasteiger partial charge in [0.05, 0.1) is 16.5 Å². The van der Waals surface area contributed by atoms with Crippen LogP contribution >= 0.6 is 15.9 Å². The van der Waals surface area contributed by atoms with Gasteiger partial charge in [0.2, 0.25) is 0 Å². The molecule has 0 saturated heterocycles. The summed E-state index contributed by atoms with van der Waals surface area (Å²) in [5.41, 5.74) is 2.25. The molecule has 0 bridgehead atoms. The fraction of sp³-hybridized carbons (Fsp3) is 0.200. The maximum Gasteiger partial charge on any atom is 0.269 e. The van der Waals surface area contributed by atoms with Crippen LogP contribution in [-0.4, -0.2) is 12.0 Å². The van der Waals surface area contributed by atoms with Gasteiger partial charge in [-0.15, -0.1) is 0 Å². The molecule has 0 amide bonds. The number of non-ortho nitro benzene ring substituents is 1. The van der Waals surface area contributed by atoms with Crippen molar-refractivity contribution in [2.45, 2.75) is 13.1 Å². The summed E-state index contributed by atoms with van der Waals surface area (Å²) in [5.74, 6) is 0.800. The Morgan fingerprint density at radius 1 is 1.14 bits per heavy atom. The van der Waals surface area contributed by atoms with Crippen LogP contribution in [-0.2, 0) is 13.1 Å². The zero-order chi connectivity index (χ0) is 15.2. The second kappa shape index (κ2) is 7.19. The number of rotatable bonds is 6. The van der Waals surface area contributed by atoms with Gasteiger partial charge >= 0.3 is 0 Å². The Morgan fingerprint density at radius 3 is 2.33 bits per heavy atom. The summed E-state index contributed by atoms with van der Waals surface area (Å²) in [6, 6.07) is 12.5. The summed E-state index contributed by atoms with van der Waals surface area (Å²) >= 11 is 3.45. The Kier molecular flexibility index (Phi) is 5.30. The van der Waals surface area contributed by atoms with E-state index < -0.39 is 4.92 Å². The van der Waals surface area contributed by atoms with Gasteiger partial charge < -0.3 is 10.1 Å². The topological polar surface area (TPSA) is 64.4 Å². The van der Waals surface area contributed by atoms with Crippen molar-refractivity contribution in [1.29, 1.82) is 0 Å². The maximum atomic E-state index is 10.6. The molecule has 0 aromatic heterocycles. The monoisotopic (exact) mass is 350 g/mol. The first-order valence-corrected chi connectivity index (χ1v) is 7.16. The number of halogens is 1. The number of methoxy groups -OCH3 is 1. The molecule has 0 spiro atoms. The normalized spacial score (nSPS) is 10.4. The second-order valence-corrected chi connectivity index (χ2v) is 5.35. The number of benzene rings is 2. The van der Waals surface area contributed by atoms with E-state index in [9.17, 15) is 10.1 Å². The van der Waals surface area contributed by atoms with Crippen molar-refractivity contribution in [2.75, 3.05) is 7.11 Å². The van der Waals surface area contributed by atoms with Gasteiger partial charge in [0.25, 0.3) is 5.69 Å². The molecule has 5 nitrogen and oxygen atoms in total. The molecule has 0 atom stereocenters. The van der Waals surface area contributed by atoms with Crippen molar-refractivity contribution in [1.82, 2.24) is 5.32 Å². The van der Waals surface area contributed by atoms with E-state index in [-0.39, 0.29) is 5.69 Å². The average Bonchev–Trinajstić information content (AvgIpc) is 2.48. The molecule has 21 heavy (non-hydrogen) atoms. The average molecular weight is 351 g/mol. The highest BCUT2D eigenvalue weighted by atomic mass is 79.9. The lowest BCUT2D eigenvalue weighted by molar-refractivity contribution is -0.384. The molecule has 2 aromatic rings. The molecule has 0 aliphatic carbocycles. The quantitative estimate of drug-likeness (QED) is 0.637. The first-order chi connectivity index (χ1) is 10.1. The third kappa shape index (κ3) is 4.27. The van der Waals surface area contributed by atoms with Crippen molar-refractivity contribution in [3.05, 3.63) is 68.2 Å². The minimum atomic E-state index is -0.397. The molecule has 0 fully saturated rings. The summed E-state index contributed by atoms with van der Waals surface area (Å²) in [4.78, 5) is 10.2. The summed E-state index contributed by atoms with van der Waals surface area (Å²) < 4.78 is 6.10. The van der Waals surface area contributed by atoms with Crippen LogP contribution in [0.5, 0.6) is 5.75 Å². The van der Waals surface area contributed by atoms with E-state index in [0.717, 1.165) is 21.3 Å². The molecule has 0 aliphatic rings. The molecular formula is C15H15BrN2O3. The minimum absolute atomic E-state index is 0.109. The third-order valence-corrected chi connectivity index (χ3v) is 3.64. The summed E-state index contributed by atoms with van der Waals surface area (Å²) in [5, 5.41) is 13.9. The summed E-state index contributed by atoms with van der Waals surface area (Å²) in [6.45, 7) is 1.36. The number of nitro benzene ring substituents is 1. The predicted octanol–water partition coefficient (Wildman–Crippen LogP) is 3.66. The van der Waals surface area contributed by atoms with Gasteiger partial charge in [-0.1, -0.05) is 18.2 Å². The Balaban J connectivity index is 1.89. The Labute approximate surface area is 131 Å². The molecule has 0 radical (unpaired) electrons. The fourth-order valence-electron chi connectivity index (χ4n) is 1.91. The van der Waals surface area contributed by atoms with Crippen LogP contribution in [0.25, 0.3) is 0 Å². The van der Waals surface area contributed by atoms with E-state index in [4.69, 9.17) is 4.74 Å². The van der Waals surface area contributed by atoms with Crippen molar-refractivity contribution in [3.8, 4) is 5.75 Å². The van der Waals surface area contributed by atoms with Crippen LogP contribution in [0.2, 0.25) is 0 Å². The molecule has 1 N–H and O–H groups in total. The molecule has 0 unspecified atom stereocenters. The van der Waals surface area contributed by atoms with E-state index in [1.807, 2.05) is 18.2 Å². The lowest BCUT2D eigenvalue weighted by atomic mass is 10.2. The van der Waals surface area contributed by atoms with Crippen LogP contribution in [0.4, 0.5) is 5.69 Å². The Hall–Kier alpha value is -1.92.